The van der Waals surface area contributed by atoms with E-state index in [4.69, 9.17) is 5.73 Å². The molecule has 1 fully saturated rings. The smallest absolute Gasteiger partial charge is 0.0237 e. The first-order chi connectivity index (χ1) is 7.15. The highest BCUT2D eigenvalue weighted by Gasteiger charge is 2.19. The molecule has 1 atom stereocenters. The van der Waals surface area contributed by atoms with E-state index in [-0.39, 0.29) is 12.4 Å². The zero-order chi connectivity index (χ0) is 10.8. The van der Waals surface area contributed by atoms with Crippen LogP contribution in [0.1, 0.15) is 23.1 Å². The quantitative estimate of drug-likeness (QED) is 0.859. The van der Waals surface area contributed by atoms with Gasteiger partial charge < -0.3 is 5.73 Å². The van der Waals surface area contributed by atoms with Crippen LogP contribution >= 0.6 is 12.4 Å². The fourth-order valence-corrected chi connectivity index (χ4v) is 2.22. The van der Waals surface area contributed by atoms with Crippen molar-refractivity contribution in [2.75, 3.05) is 13.1 Å². The molecule has 2 rings (SSSR count). The molecule has 0 aromatic heterocycles. The highest BCUT2D eigenvalue weighted by Crippen LogP contribution is 2.16. The van der Waals surface area contributed by atoms with Gasteiger partial charge in [-0.15, -0.1) is 12.4 Å². The van der Waals surface area contributed by atoms with Gasteiger partial charge in [-0.25, -0.2) is 0 Å². The van der Waals surface area contributed by atoms with Crippen LogP contribution in [-0.4, -0.2) is 24.0 Å². The van der Waals surface area contributed by atoms with E-state index < -0.39 is 0 Å². The molecule has 1 saturated heterocycles. The highest BCUT2D eigenvalue weighted by molar-refractivity contribution is 5.85. The van der Waals surface area contributed by atoms with Crippen molar-refractivity contribution >= 4 is 12.4 Å². The van der Waals surface area contributed by atoms with Crippen LogP contribution < -0.4 is 5.73 Å². The molecule has 0 amide bonds. The van der Waals surface area contributed by atoms with Crippen LogP contribution in [0.3, 0.4) is 0 Å². The number of nitrogens with zero attached hydrogens (tertiary/aromatic N) is 1. The molecule has 0 radical (unpaired) electrons. The van der Waals surface area contributed by atoms with Crippen LogP contribution in [0.2, 0.25) is 0 Å². The molecule has 1 unspecified atom stereocenters. The Morgan fingerprint density at radius 2 is 2.12 bits per heavy atom. The summed E-state index contributed by atoms with van der Waals surface area (Å²) in [7, 11) is 0. The largest absolute Gasteiger partial charge is 0.326 e. The Labute approximate surface area is 104 Å². The van der Waals surface area contributed by atoms with Crippen molar-refractivity contribution in [2.45, 2.75) is 32.9 Å². The minimum absolute atomic E-state index is 0. The molecule has 1 aromatic rings. The molecule has 0 saturated carbocycles. The van der Waals surface area contributed by atoms with E-state index in [1.807, 2.05) is 0 Å². The molecular weight excluding hydrogens is 220 g/mol. The van der Waals surface area contributed by atoms with Crippen LogP contribution in [0.5, 0.6) is 0 Å². The number of hydrogen-bond donors (Lipinski definition) is 1. The summed E-state index contributed by atoms with van der Waals surface area (Å²) in [5.41, 5.74) is 10.1. The lowest BCUT2D eigenvalue weighted by atomic mass is 10.1. The lowest BCUT2D eigenvalue weighted by Gasteiger charge is -2.17. The van der Waals surface area contributed by atoms with Gasteiger partial charge in [-0.1, -0.05) is 23.8 Å². The maximum Gasteiger partial charge on any atom is 0.0237 e. The molecule has 0 bridgehead atoms. The minimum Gasteiger partial charge on any atom is -0.326 e. The molecule has 1 aliphatic heterocycles. The van der Waals surface area contributed by atoms with Crippen LogP contribution in [0, 0.1) is 13.8 Å². The normalized spacial score (nSPS) is 20.8. The average Bonchev–Trinajstić information content (AvgIpc) is 2.58. The molecule has 0 aliphatic carbocycles. The Morgan fingerprint density at radius 3 is 2.75 bits per heavy atom. The molecule has 1 aromatic carbocycles. The number of nitrogens with two attached hydrogens (primary N) is 1. The topological polar surface area (TPSA) is 29.3 Å². The number of aryl methyl sites for hydroxylation is 2. The minimum atomic E-state index is 0. The Morgan fingerprint density at radius 1 is 1.38 bits per heavy atom. The highest BCUT2D eigenvalue weighted by atomic mass is 35.5. The average molecular weight is 241 g/mol. The van der Waals surface area contributed by atoms with Crippen molar-refractivity contribution in [1.82, 2.24) is 4.90 Å². The van der Waals surface area contributed by atoms with Gasteiger partial charge in [0.1, 0.15) is 0 Å². The van der Waals surface area contributed by atoms with Gasteiger partial charge in [0.2, 0.25) is 0 Å². The van der Waals surface area contributed by atoms with Crippen LogP contribution in [-0.2, 0) is 6.54 Å². The molecule has 2 nitrogen and oxygen atoms in total. The first-order valence-electron chi connectivity index (χ1n) is 5.69. The summed E-state index contributed by atoms with van der Waals surface area (Å²) >= 11 is 0. The van der Waals surface area contributed by atoms with E-state index >= 15 is 0 Å². The van der Waals surface area contributed by atoms with E-state index in [0.29, 0.717) is 6.04 Å². The fourth-order valence-electron chi connectivity index (χ4n) is 2.22. The van der Waals surface area contributed by atoms with Gasteiger partial charge in [0.25, 0.3) is 0 Å². The van der Waals surface area contributed by atoms with Gasteiger partial charge >= 0.3 is 0 Å². The zero-order valence-corrected chi connectivity index (χ0v) is 10.9. The van der Waals surface area contributed by atoms with Gasteiger partial charge in [0.05, 0.1) is 0 Å². The summed E-state index contributed by atoms with van der Waals surface area (Å²) in [5.74, 6) is 0. The summed E-state index contributed by atoms with van der Waals surface area (Å²) in [6, 6.07) is 7.06. The van der Waals surface area contributed by atoms with Crippen molar-refractivity contribution in [2.24, 2.45) is 5.73 Å². The maximum atomic E-state index is 5.91. The van der Waals surface area contributed by atoms with E-state index in [0.717, 1.165) is 26.1 Å². The van der Waals surface area contributed by atoms with Crippen molar-refractivity contribution < 1.29 is 0 Å². The molecule has 1 heterocycles. The number of halogens is 1. The standard InChI is InChI=1S/C13H20N2.ClH/c1-10-3-4-11(2)12(7-10)8-15-6-5-13(14)9-15;/h3-4,7,13H,5-6,8-9,14H2,1-2H3;1H. The van der Waals surface area contributed by atoms with Gasteiger partial charge in [0.15, 0.2) is 0 Å². The molecule has 2 N–H and O–H groups in total. The Bertz CT molecular complexity index is 352. The predicted octanol–water partition coefficient (Wildman–Crippen LogP) is 2.26. The van der Waals surface area contributed by atoms with Crippen molar-refractivity contribution in [3.63, 3.8) is 0 Å². The summed E-state index contributed by atoms with van der Waals surface area (Å²) in [4.78, 5) is 2.45. The Kier molecular flexibility index (Phi) is 4.78. The number of likely N-dealkylation sites (tertiary alicyclic amines) is 1. The first-order valence-corrected chi connectivity index (χ1v) is 5.69. The van der Waals surface area contributed by atoms with Crippen molar-refractivity contribution in [3.05, 3.63) is 34.9 Å². The Hall–Kier alpha value is -0.570. The molecule has 1 aliphatic rings. The van der Waals surface area contributed by atoms with E-state index in [2.05, 4.69) is 36.9 Å². The predicted molar refractivity (Wildman–Crippen MR) is 71.0 cm³/mol. The molecule has 3 heteroatoms. The SMILES string of the molecule is Cc1ccc(C)c(CN2CCC(N)C2)c1.Cl. The second-order valence-corrected chi connectivity index (χ2v) is 4.71. The van der Waals surface area contributed by atoms with Gasteiger partial charge in [0, 0.05) is 25.7 Å². The number of benzene rings is 1. The molecular formula is C13H21ClN2. The molecule has 16 heavy (non-hydrogen) atoms. The monoisotopic (exact) mass is 240 g/mol. The van der Waals surface area contributed by atoms with E-state index in [9.17, 15) is 0 Å². The number of rotatable bonds is 2. The fraction of sp³-hybridized carbons (Fsp3) is 0.538. The van der Waals surface area contributed by atoms with Crippen molar-refractivity contribution in [1.29, 1.82) is 0 Å². The van der Waals surface area contributed by atoms with E-state index in [1.165, 1.54) is 16.7 Å². The molecule has 90 valence electrons. The van der Waals surface area contributed by atoms with Gasteiger partial charge in [-0.05, 0) is 31.4 Å². The third-order valence-electron chi connectivity index (χ3n) is 3.21. The van der Waals surface area contributed by atoms with Crippen molar-refractivity contribution in [3.8, 4) is 0 Å². The van der Waals surface area contributed by atoms with Gasteiger partial charge in [-0.3, -0.25) is 4.90 Å². The first kappa shape index (κ1) is 13.5. The summed E-state index contributed by atoms with van der Waals surface area (Å²) in [6.07, 6.45) is 1.14. The third kappa shape index (κ3) is 3.21. The summed E-state index contributed by atoms with van der Waals surface area (Å²) < 4.78 is 0. The maximum absolute atomic E-state index is 5.91. The number of hydrogen-bond acceptors (Lipinski definition) is 2. The summed E-state index contributed by atoms with van der Waals surface area (Å²) in [6.45, 7) is 7.59. The second kappa shape index (κ2) is 5.67. The lowest BCUT2D eigenvalue weighted by Crippen LogP contribution is -2.26. The van der Waals surface area contributed by atoms with Crippen LogP contribution in [0.15, 0.2) is 18.2 Å². The van der Waals surface area contributed by atoms with Crippen LogP contribution in [0.4, 0.5) is 0 Å². The van der Waals surface area contributed by atoms with E-state index in [1.54, 1.807) is 0 Å². The zero-order valence-electron chi connectivity index (χ0n) is 10.1. The second-order valence-electron chi connectivity index (χ2n) is 4.71. The molecule has 0 spiro atoms. The Balaban J connectivity index is 0.00000128. The summed E-state index contributed by atoms with van der Waals surface area (Å²) in [5, 5.41) is 0. The lowest BCUT2D eigenvalue weighted by molar-refractivity contribution is 0.326. The van der Waals surface area contributed by atoms with Gasteiger partial charge in [-0.2, -0.15) is 0 Å². The van der Waals surface area contributed by atoms with Crippen LogP contribution in [0.25, 0.3) is 0 Å². The third-order valence-corrected chi connectivity index (χ3v) is 3.21.